The predicted molar refractivity (Wildman–Crippen MR) is 159 cm³/mol. The van der Waals surface area contributed by atoms with Crippen LogP contribution in [0.3, 0.4) is 0 Å². The number of fused-ring (bicyclic) bond motifs is 2. The van der Waals surface area contributed by atoms with Crippen molar-refractivity contribution >= 4 is 33.6 Å². The molecule has 0 bridgehead atoms. The van der Waals surface area contributed by atoms with Gasteiger partial charge in [0.2, 0.25) is 0 Å². The lowest BCUT2D eigenvalue weighted by Gasteiger charge is -2.12. The van der Waals surface area contributed by atoms with Gasteiger partial charge in [-0.05, 0) is 55.0 Å². The van der Waals surface area contributed by atoms with Gasteiger partial charge in [-0.1, -0.05) is 48.5 Å². The highest BCUT2D eigenvalue weighted by Gasteiger charge is 2.16. The summed E-state index contributed by atoms with van der Waals surface area (Å²) in [6, 6.07) is 29.9. The van der Waals surface area contributed by atoms with Crippen LogP contribution < -0.4 is 10.6 Å². The van der Waals surface area contributed by atoms with Gasteiger partial charge in [-0.25, -0.2) is 9.97 Å². The molecule has 0 saturated carbocycles. The molecule has 0 saturated heterocycles. The first-order valence-electron chi connectivity index (χ1n) is 13.4. The van der Waals surface area contributed by atoms with Gasteiger partial charge in [0.15, 0.2) is 0 Å². The third-order valence-corrected chi connectivity index (χ3v) is 6.70. The maximum Gasteiger partial charge on any atom is 0.252 e. The van der Waals surface area contributed by atoms with E-state index in [0.29, 0.717) is 53.4 Å². The lowest BCUT2D eigenvalue weighted by atomic mass is 10.1. The predicted octanol–water partition coefficient (Wildman–Crippen LogP) is 5.46. The molecule has 6 aromatic rings. The van der Waals surface area contributed by atoms with E-state index < -0.39 is 0 Å². The van der Waals surface area contributed by atoms with Crippen molar-refractivity contribution < 1.29 is 9.59 Å². The van der Waals surface area contributed by atoms with Crippen LogP contribution in [-0.4, -0.2) is 44.8 Å². The highest BCUT2D eigenvalue weighted by atomic mass is 16.2. The van der Waals surface area contributed by atoms with Crippen LogP contribution in [0.5, 0.6) is 0 Å². The highest BCUT2D eigenvalue weighted by Crippen LogP contribution is 2.25. The SMILES string of the molecule is O=C(NCCCNC(=O)c1cc(-c2ccccn2)nc2ccccc12)c1cc(-c2ccccn2)nc2ccccc12. The van der Waals surface area contributed by atoms with Gasteiger partial charge in [-0.2, -0.15) is 0 Å². The Balaban J connectivity index is 1.13. The van der Waals surface area contributed by atoms with Crippen molar-refractivity contribution in [3.05, 3.63) is 121 Å². The monoisotopic (exact) mass is 538 g/mol. The second kappa shape index (κ2) is 11.7. The fraction of sp³-hybridized carbons (Fsp3) is 0.0909. The van der Waals surface area contributed by atoms with E-state index in [4.69, 9.17) is 9.97 Å². The van der Waals surface area contributed by atoms with Crippen LogP contribution in [0.25, 0.3) is 44.6 Å². The molecular weight excluding hydrogens is 512 g/mol. The average molecular weight is 539 g/mol. The van der Waals surface area contributed by atoms with E-state index in [1.807, 2.05) is 84.9 Å². The van der Waals surface area contributed by atoms with Crippen LogP contribution in [-0.2, 0) is 0 Å². The highest BCUT2D eigenvalue weighted by molar-refractivity contribution is 6.08. The average Bonchev–Trinajstić information content (AvgIpc) is 3.04. The number of aromatic nitrogens is 4. The number of amides is 2. The van der Waals surface area contributed by atoms with Gasteiger partial charge < -0.3 is 10.6 Å². The number of carbonyl (C=O) groups is 2. The van der Waals surface area contributed by atoms with E-state index in [9.17, 15) is 9.59 Å². The fourth-order valence-electron chi connectivity index (χ4n) is 4.70. The zero-order valence-electron chi connectivity index (χ0n) is 22.1. The maximum atomic E-state index is 13.2. The summed E-state index contributed by atoms with van der Waals surface area (Å²) in [4.78, 5) is 44.6. The summed E-state index contributed by atoms with van der Waals surface area (Å²) < 4.78 is 0. The molecule has 0 unspecified atom stereocenters. The molecule has 0 spiro atoms. The Bertz CT molecular complexity index is 1720. The molecule has 0 aliphatic carbocycles. The molecule has 0 aliphatic rings. The molecule has 0 fully saturated rings. The Kier molecular flexibility index (Phi) is 7.36. The molecule has 2 N–H and O–H groups in total. The van der Waals surface area contributed by atoms with E-state index in [2.05, 4.69) is 20.6 Å². The number of benzene rings is 2. The number of hydrogen-bond acceptors (Lipinski definition) is 6. The van der Waals surface area contributed by atoms with Gasteiger partial charge in [0, 0.05) is 36.3 Å². The van der Waals surface area contributed by atoms with Gasteiger partial charge >= 0.3 is 0 Å². The molecule has 4 aromatic heterocycles. The molecule has 200 valence electrons. The topological polar surface area (TPSA) is 110 Å². The molecule has 0 radical (unpaired) electrons. The molecule has 0 aliphatic heterocycles. The minimum atomic E-state index is -0.202. The standard InChI is InChI=1S/C33H26N6O2/c40-32(24-20-30(28-14-5-7-16-34-28)38-26-12-3-1-10-22(24)26)36-18-9-19-37-33(41)25-21-31(29-15-6-8-17-35-29)39-27-13-4-2-11-23(25)27/h1-8,10-17,20-21H,9,18-19H2,(H,36,40)(H,37,41). The normalized spacial score (nSPS) is 10.9. The lowest BCUT2D eigenvalue weighted by Crippen LogP contribution is -2.30. The number of pyridine rings is 4. The van der Waals surface area contributed by atoms with Crippen LogP contribution in [0.2, 0.25) is 0 Å². The summed E-state index contributed by atoms with van der Waals surface area (Å²) >= 11 is 0. The minimum absolute atomic E-state index is 0.202. The van der Waals surface area contributed by atoms with Crippen molar-refractivity contribution in [3.8, 4) is 22.8 Å². The van der Waals surface area contributed by atoms with Gasteiger partial charge in [0.25, 0.3) is 11.8 Å². The number of nitrogens with zero attached hydrogens (tertiary/aromatic N) is 4. The van der Waals surface area contributed by atoms with Crippen molar-refractivity contribution in [1.82, 2.24) is 30.6 Å². The van der Waals surface area contributed by atoms with Crippen molar-refractivity contribution in [2.75, 3.05) is 13.1 Å². The first-order chi connectivity index (χ1) is 20.2. The molecule has 4 heterocycles. The Morgan fingerprint density at radius 1 is 0.537 bits per heavy atom. The van der Waals surface area contributed by atoms with Gasteiger partial charge in [-0.15, -0.1) is 0 Å². The third kappa shape index (κ3) is 5.62. The lowest BCUT2D eigenvalue weighted by molar-refractivity contribution is 0.0953. The summed E-state index contributed by atoms with van der Waals surface area (Å²) in [5.41, 5.74) is 5.18. The number of rotatable bonds is 8. The van der Waals surface area contributed by atoms with Gasteiger partial charge in [0.05, 0.1) is 44.9 Å². The van der Waals surface area contributed by atoms with Gasteiger partial charge in [-0.3, -0.25) is 19.6 Å². The molecule has 2 amide bonds. The van der Waals surface area contributed by atoms with Crippen LogP contribution in [0.1, 0.15) is 27.1 Å². The van der Waals surface area contributed by atoms with Crippen molar-refractivity contribution in [2.24, 2.45) is 0 Å². The molecule has 8 nitrogen and oxygen atoms in total. The fourth-order valence-corrected chi connectivity index (χ4v) is 4.70. The zero-order valence-corrected chi connectivity index (χ0v) is 22.1. The van der Waals surface area contributed by atoms with Crippen molar-refractivity contribution in [2.45, 2.75) is 6.42 Å². The van der Waals surface area contributed by atoms with Crippen LogP contribution >= 0.6 is 0 Å². The largest absolute Gasteiger partial charge is 0.352 e. The molecule has 6 rings (SSSR count). The van der Waals surface area contributed by atoms with Gasteiger partial charge in [0.1, 0.15) is 0 Å². The summed E-state index contributed by atoms with van der Waals surface area (Å²) in [6.45, 7) is 0.788. The Labute approximate surface area is 236 Å². The van der Waals surface area contributed by atoms with E-state index >= 15 is 0 Å². The number of para-hydroxylation sites is 2. The number of hydrogen-bond donors (Lipinski definition) is 2. The Morgan fingerprint density at radius 3 is 1.41 bits per heavy atom. The maximum absolute atomic E-state index is 13.2. The zero-order chi connectivity index (χ0) is 28.0. The van der Waals surface area contributed by atoms with E-state index in [0.717, 1.165) is 21.8 Å². The number of carbonyl (C=O) groups excluding carboxylic acids is 2. The summed E-state index contributed by atoms with van der Waals surface area (Å²) in [5, 5.41) is 7.51. The van der Waals surface area contributed by atoms with Crippen LogP contribution in [0.15, 0.2) is 109 Å². The summed E-state index contributed by atoms with van der Waals surface area (Å²) in [7, 11) is 0. The molecule has 41 heavy (non-hydrogen) atoms. The molecule has 0 atom stereocenters. The number of nitrogens with one attached hydrogen (secondary N) is 2. The first-order valence-corrected chi connectivity index (χ1v) is 13.4. The van der Waals surface area contributed by atoms with Crippen LogP contribution in [0, 0.1) is 0 Å². The van der Waals surface area contributed by atoms with Crippen molar-refractivity contribution in [3.63, 3.8) is 0 Å². The second-order valence-corrected chi connectivity index (χ2v) is 9.44. The Hall–Kier alpha value is -5.50. The summed E-state index contributed by atoms with van der Waals surface area (Å²) in [6.07, 6.45) is 3.96. The van der Waals surface area contributed by atoms with Crippen LogP contribution in [0.4, 0.5) is 0 Å². The van der Waals surface area contributed by atoms with E-state index in [-0.39, 0.29) is 11.8 Å². The quantitative estimate of drug-likeness (QED) is 0.249. The second-order valence-electron chi connectivity index (χ2n) is 9.44. The smallest absolute Gasteiger partial charge is 0.252 e. The molecular formula is C33H26N6O2. The molecule has 2 aromatic carbocycles. The first kappa shape index (κ1) is 25.8. The van der Waals surface area contributed by atoms with E-state index in [1.54, 1.807) is 24.5 Å². The van der Waals surface area contributed by atoms with Crippen molar-refractivity contribution in [1.29, 1.82) is 0 Å². The Morgan fingerprint density at radius 2 is 0.976 bits per heavy atom. The minimum Gasteiger partial charge on any atom is -0.352 e. The summed E-state index contributed by atoms with van der Waals surface area (Å²) in [5.74, 6) is -0.403. The third-order valence-electron chi connectivity index (χ3n) is 6.70. The van der Waals surface area contributed by atoms with E-state index in [1.165, 1.54) is 0 Å². The molecule has 8 heteroatoms.